The molecule has 0 aliphatic rings. The number of fused-ring (bicyclic) bond motifs is 2. The summed E-state index contributed by atoms with van der Waals surface area (Å²) in [5.74, 6) is -0.0343. The van der Waals surface area contributed by atoms with E-state index in [0.29, 0.717) is 32.8 Å². The Morgan fingerprint density at radius 1 is 0.680 bits per heavy atom. The van der Waals surface area contributed by atoms with Gasteiger partial charge in [0.2, 0.25) is 0 Å². The molecule has 122 valence electrons. The number of hydrogen-bond acceptors (Lipinski definition) is 3. The zero-order chi connectivity index (χ0) is 17.4. The van der Waals surface area contributed by atoms with E-state index in [-0.39, 0.29) is 17.4 Å². The van der Waals surface area contributed by atoms with Crippen molar-refractivity contribution in [2.45, 2.75) is 0 Å². The zero-order valence-corrected chi connectivity index (χ0v) is 13.2. The number of carbonyl (C=O) groups is 1. The van der Waals surface area contributed by atoms with Gasteiger partial charge in [0, 0.05) is 32.8 Å². The molecular weight excluding hydrogens is 314 g/mol. The second-order valence-electron chi connectivity index (χ2n) is 5.82. The van der Waals surface area contributed by atoms with Crippen LogP contribution in [-0.4, -0.2) is 16.1 Å². The number of rotatable bonds is 2. The van der Waals surface area contributed by atoms with E-state index in [0.717, 1.165) is 0 Å². The van der Waals surface area contributed by atoms with E-state index in [1.807, 2.05) is 12.1 Å². The third kappa shape index (κ3) is 2.54. The number of anilines is 1. The number of carbonyl (C=O) groups excluding carboxylic acids is 1. The molecule has 0 saturated heterocycles. The van der Waals surface area contributed by atoms with Crippen molar-refractivity contribution >= 4 is 33.1 Å². The average molecular weight is 329 g/mol. The highest BCUT2D eigenvalue weighted by Crippen LogP contribution is 2.42. The molecule has 0 saturated carbocycles. The van der Waals surface area contributed by atoms with Gasteiger partial charge < -0.3 is 15.5 Å². The summed E-state index contributed by atoms with van der Waals surface area (Å²) in [7, 11) is 0. The van der Waals surface area contributed by atoms with Crippen molar-refractivity contribution in [1.29, 1.82) is 0 Å². The van der Waals surface area contributed by atoms with Crippen molar-refractivity contribution in [2.24, 2.45) is 0 Å². The molecule has 4 heteroatoms. The second-order valence-corrected chi connectivity index (χ2v) is 5.82. The van der Waals surface area contributed by atoms with Gasteiger partial charge in [-0.2, -0.15) is 0 Å². The first kappa shape index (κ1) is 15.0. The Morgan fingerprint density at radius 2 is 1.24 bits per heavy atom. The van der Waals surface area contributed by atoms with Crippen LogP contribution in [0.3, 0.4) is 0 Å². The summed E-state index contributed by atoms with van der Waals surface area (Å²) in [6.45, 7) is 0. The van der Waals surface area contributed by atoms with E-state index in [1.54, 1.807) is 60.7 Å². The Labute approximate surface area is 144 Å². The molecule has 3 N–H and O–H groups in total. The summed E-state index contributed by atoms with van der Waals surface area (Å²) >= 11 is 0. The molecule has 0 fully saturated rings. The molecule has 0 radical (unpaired) electrons. The van der Waals surface area contributed by atoms with Gasteiger partial charge in [0.1, 0.15) is 11.5 Å². The van der Waals surface area contributed by atoms with Crippen molar-refractivity contribution in [3.05, 3.63) is 78.4 Å². The number of phenols is 2. The highest BCUT2D eigenvalue weighted by atomic mass is 16.3. The van der Waals surface area contributed by atoms with Gasteiger partial charge in [-0.05, 0) is 30.3 Å². The molecule has 1 amide bonds. The predicted molar refractivity (Wildman–Crippen MR) is 99.2 cm³/mol. The number of phenolic OH excluding ortho intramolecular Hbond substituents is 2. The van der Waals surface area contributed by atoms with Crippen LogP contribution in [0.4, 0.5) is 5.69 Å². The van der Waals surface area contributed by atoms with Gasteiger partial charge in [0.25, 0.3) is 5.91 Å². The first-order valence-electron chi connectivity index (χ1n) is 7.88. The molecule has 0 bridgehead atoms. The summed E-state index contributed by atoms with van der Waals surface area (Å²) < 4.78 is 0. The van der Waals surface area contributed by atoms with Crippen molar-refractivity contribution < 1.29 is 15.0 Å². The molecule has 4 rings (SSSR count). The number of nitrogens with one attached hydrogen (secondary N) is 1. The molecule has 0 atom stereocenters. The fraction of sp³-hybridized carbons (Fsp3) is 0. The SMILES string of the molecule is O=C(Nc1ccc2c(O)c3ccccc3c(O)c2c1)c1ccccc1. The van der Waals surface area contributed by atoms with E-state index in [9.17, 15) is 15.0 Å². The van der Waals surface area contributed by atoms with Crippen LogP contribution in [0, 0.1) is 0 Å². The Hall–Kier alpha value is -3.53. The Bertz CT molecular complexity index is 1100. The maximum absolute atomic E-state index is 12.3. The molecular formula is C21H15NO3. The first-order chi connectivity index (χ1) is 12.1. The van der Waals surface area contributed by atoms with Gasteiger partial charge in [-0.1, -0.05) is 42.5 Å². The molecule has 0 aliphatic carbocycles. The highest BCUT2D eigenvalue weighted by Gasteiger charge is 2.13. The lowest BCUT2D eigenvalue weighted by molar-refractivity contribution is 0.102. The van der Waals surface area contributed by atoms with Gasteiger partial charge in [0.05, 0.1) is 0 Å². The topological polar surface area (TPSA) is 69.6 Å². The van der Waals surface area contributed by atoms with Crippen LogP contribution in [-0.2, 0) is 0 Å². The summed E-state index contributed by atoms with van der Waals surface area (Å²) in [6.07, 6.45) is 0. The van der Waals surface area contributed by atoms with E-state index >= 15 is 0 Å². The lowest BCUT2D eigenvalue weighted by atomic mass is 10.00. The van der Waals surface area contributed by atoms with Crippen LogP contribution in [0.25, 0.3) is 21.5 Å². The molecule has 4 nitrogen and oxygen atoms in total. The third-order valence-corrected chi connectivity index (χ3v) is 4.26. The van der Waals surface area contributed by atoms with Crippen molar-refractivity contribution in [3.8, 4) is 11.5 Å². The second kappa shape index (κ2) is 5.83. The molecule has 4 aromatic carbocycles. The largest absolute Gasteiger partial charge is 0.507 e. The molecule has 4 aromatic rings. The molecule has 0 aromatic heterocycles. The number of benzene rings is 4. The fourth-order valence-electron chi connectivity index (χ4n) is 3.00. The smallest absolute Gasteiger partial charge is 0.255 e. The predicted octanol–water partition coefficient (Wildman–Crippen LogP) is 4.66. The monoisotopic (exact) mass is 329 g/mol. The summed E-state index contributed by atoms with van der Waals surface area (Å²) in [5, 5.41) is 26.1. The summed E-state index contributed by atoms with van der Waals surface area (Å²) in [6, 6.07) is 21.1. The average Bonchev–Trinajstić information content (AvgIpc) is 2.67. The minimum Gasteiger partial charge on any atom is -0.507 e. The van der Waals surface area contributed by atoms with Gasteiger partial charge in [-0.25, -0.2) is 0 Å². The summed E-state index contributed by atoms with van der Waals surface area (Å²) in [4.78, 5) is 12.3. The lowest BCUT2D eigenvalue weighted by Crippen LogP contribution is -2.11. The summed E-state index contributed by atoms with van der Waals surface area (Å²) in [5.41, 5.74) is 1.10. The van der Waals surface area contributed by atoms with Crippen LogP contribution in [0.5, 0.6) is 11.5 Å². The standard InChI is InChI=1S/C21H15NO3/c23-19-15-8-4-5-9-16(15)20(24)18-12-14(10-11-17(18)19)22-21(25)13-6-2-1-3-7-13/h1-12,23-24H,(H,22,25). The Kier molecular flexibility index (Phi) is 3.51. The Morgan fingerprint density at radius 3 is 1.92 bits per heavy atom. The van der Waals surface area contributed by atoms with Gasteiger partial charge in [-0.15, -0.1) is 0 Å². The van der Waals surface area contributed by atoms with Gasteiger partial charge >= 0.3 is 0 Å². The minimum absolute atomic E-state index is 0.0826. The zero-order valence-electron chi connectivity index (χ0n) is 13.2. The maximum atomic E-state index is 12.3. The maximum Gasteiger partial charge on any atom is 0.255 e. The molecule has 0 aliphatic heterocycles. The lowest BCUT2D eigenvalue weighted by Gasteiger charge is -2.11. The fourth-order valence-corrected chi connectivity index (χ4v) is 3.00. The van der Waals surface area contributed by atoms with Crippen molar-refractivity contribution in [2.75, 3.05) is 5.32 Å². The molecule has 0 unspecified atom stereocenters. The van der Waals surface area contributed by atoms with Crippen LogP contribution in [0.2, 0.25) is 0 Å². The quantitative estimate of drug-likeness (QED) is 0.370. The minimum atomic E-state index is -0.232. The van der Waals surface area contributed by atoms with Crippen LogP contribution in [0.15, 0.2) is 72.8 Å². The van der Waals surface area contributed by atoms with E-state index in [4.69, 9.17) is 0 Å². The van der Waals surface area contributed by atoms with Gasteiger partial charge in [-0.3, -0.25) is 4.79 Å². The van der Waals surface area contributed by atoms with Crippen molar-refractivity contribution in [1.82, 2.24) is 0 Å². The van der Waals surface area contributed by atoms with Gasteiger partial charge in [0.15, 0.2) is 0 Å². The number of hydrogen-bond donors (Lipinski definition) is 3. The highest BCUT2D eigenvalue weighted by molar-refractivity contribution is 6.12. The first-order valence-corrected chi connectivity index (χ1v) is 7.88. The number of aromatic hydroxyl groups is 2. The van der Waals surface area contributed by atoms with Crippen LogP contribution >= 0.6 is 0 Å². The Balaban J connectivity index is 1.81. The van der Waals surface area contributed by atoms with E-state index in [1.165, 1.54) is 0 Å². The van der Waals surface area contributed by atoms with Crippen molar-refractivity contribution in [3.63, 3.8) is 0 Å². The molecule has 25 heavy (non-hydrogen) atoms. The normalized spacial score (nSPS) is 10.9. The van der Waals surface area contributed by atoms with E-state index in [2.05, 4.69) is 5.32 Å². The third-order valence-electron chi connectivity index (χ3n) is 4.26. The molecule has 0 heterocycles. The molecule has 0 spiro atoms. The van der Waals surface area contributed by atoms with Crippen LogP contribution in [0.1, 0.15) is 10.4 Å². The van der Waals surface area contributed by atoms with Crippen LogP contribution < -0.4 is 5.32 Å². The number of amides is 1. The van der Waals surface area contributed by atoms with E-state index < -0.39 is 0 Å².